The topological polar surface area (TPSA) is 26.0 Å². The molecule has 0 bridgehead atoms. The molecule has 1 heteroatoms. The molecule has 2 aromatic rings. The van der Waals surface area contributed by atoms with Crippen LogP contribution in [0.25, 0.3) is 0 Å². The molecule has 20 heavy (non-hydrogen) atoms. The molecule has 0 aromatic heterocycles. The van der Waals surface area contributed by atoms with E-state index in [2.05, 4.69) is 68.4 Å². The maximum absolute atomic E-state index is 6.27. The molecule has 0 amide bonds. The molecule has 0 radical (unpaired) electrons. The predicted molar refractivity (Wildman–Crippen MR) is 86.7 cm³/mol. The lowest BCUT2D eigenvalue weighted by Crippen LogP contribution is -2.13. The number of benzene rings is 2. The summed E-state index contributed by atoms with van der Waals surface area (Å²) in [5, 5.41) is 0. The van der Waals surface area contributed by atoms with Gasteiger partial charge in [-0.05, 0) is 35.4 Å². The zero-order valence-electron chi connectivity index (χ0n) is 12.5. The summed E-state index contributed by atoms with van der Waals surface area (Å²) < 4.78 is 0. The smallest absolute Gasteiger partial charge is 0.0297 e. The van der Waals surface area contributed by atoms with E-state index in [0.717, 1.165) is 12.8 Å². The first-order valence-electron chi connectivity index (χ1n) is 7.57. The third-order valence-corrected chi connectivity index (χ3v) is 4.01. The summed E-state index contributed by atoms with van der Waals surface area (Å²) in [6, 6.07) is 19.5. The van der Waals surface area contributed by atoms with Crippen LogP contribution in [-0.2, 0) is 6.42 Å². The van der Waals surface area contributed by atoms with E-state index in [4.69, 9.17) is 5.73 Å². The van der Waals surface area contributed by atoms with Gasteiger partial charge in [-0.15, -0.1) is 0 Å². The summed E-state index contributed by atoms with van der Waals surface area (Å²) in [6.45, 7) is 4.49. The standard InChI is InChI=1S/C19H25N/c1-3-15(2)13-19(20)18-11-9-17(10-12-18)14-16-7-5-4-6-8-16/h4-12,15,19H,3,13-14,20H2,1-2H3. The van der Waals surface area contributed by atoms with E-state index in [9.17, 15) is 0 Å². The van der Waals surface area contributed by atoms with Gasteiger partial charge >= 0.3 is 0 Å². The van der Waals surface area contributed by atoms with E-state index < -0.39 is 0 Å². The molecule has 106 valence electrons. The molecule has 0 spiro atoms. The fraction of sp³-hybridized carbons (Fsp3) is 0.368. The summed E-state index contributed by atoms with van der Waals surface area (Å²) in [4.78, 5) is 0. The second kappa shape index (κ2) is 7.25. The minimum absolute atomic E-state index is 0.163. The average molecular weight is 267 g/mol. The fourth-order valence-electron chi connectivity index (χ4n) is 2.45. The van der Waals surface area contributed by atoms with Gasteiger partial charge in [0.15, 0.2) is 0 Å². The Morgan fingerprint density at radius 3 is 2.10 bits per heavy atom. The fourth-order valence-corrected chi connectivity index (χ4v) is 2.45. The minimum Gasteiger partial charge on any atom is -0.324 e. The monoisotopic (exact) mass is 267 g/mol. The van der Waals surface area contributed by atoms with Gasteiger partial charge in [0.05, 0.1) is 0 Å². The molecule has 2 atom stereocenters. The first-order valence-corrected chi connectivity index (χ1v) is 7.57. The van der Waals surface area contributed by atoms with Gasteiger partial charge in [0.25, 0.3) is 0 Å². The van der Waals surface area contributed by atoms with Gasteiger partial charge in [-0.3, -0.25) is 0 Å². The lowest BCUT2D eigenvalue weighted by atomic mass is 9.94. The van der Waals surface area contributed by atoms with Crippen LogP contribution in [0.2, 0.25) is 0 Å². The number of rotatable bonds is 6. The van der Waals surface area contributed by atoms with E-state index >= 15 is 0 Å². The van der Waals surface area contributed by atoms with Crippen LogP contribution in [-0.4, -0.2) is 0 Å². The lowest BCUT2D eigenvalue weighted by molar-refractivity contribution is 0.461. The summed E-state index contributed by atoms with van der Waals surface area (Å²) >= 11 is 0. The molecule has 2 unspecified atom stereocenters. The Hall–Kier alpha value is -1.60. The molecule has 0 saturated heterocycles. The maximum Gasteiger partial charge on any atom is 0.0297 e. The predicted octanol–water partition coefficient (Wildman–Crippen LogP) is 4.71. The van der Waals surface area contributed by atoms with Crippen molar-refractivity contribution in [3.8, 4) is 0 Å². The van der Waals surface area contributed by atoms with E-state index in [0.29, 0.717) is 5.92 Å². The van der Waals surface area contributed by atoms with E-state index in [-0.39, 0.29) is 6.04 Å². The van der Waals surface area contributed by atoms with Crippen molar-refractivity contribution in [3.63, 3.8) is 0 Å². The van der Waals surface area contributed by atoms with E-state index in [1.807, 2.05) is 0 Å². The van der Waals surface area contributed by atoms with Crippen LogP contribution in [0.4, 0.5) is 0 Å². The number of nitrogens with two attached hydrogens (primary N) is 1. The zero-order valence-corrected chi connectivity index (χ0v) is 12.5. The van der Waals surface area contributed by atoms with Crippen LogP contribution in [0.1, 0.15) is 49.4 Å². The van der Waals surface area contributed by atoms with Crippen molar-refractivity contribution in [1.29, 1.82) is 0 Å². The second-order valence-corrected chi connectivity index (χ2v) is 5.76. The van der Waals surface area contributed by atoms with Crippen molar-refractivity contribution in [2.24, 2.45) is 11.7 Å². The average Bonchev–Trinajstić information content (AvgIpc) is 2.49. The van der Waals surface area contributed by atoms with Crippen LogP contribution >= 0.6 is 0 Å². The largest absolute Gasteiger partial charge is 0.324 e. The molecule has 0 aliphatic heterocycles. The van der Waals surface area contributed by atoms with Crippen molar-refractivity contribution in [2.75, 3.05) is 0 Å². The minimum atomic E-state index is 0.163. The van der Waals surface area contributed by atoms with Crippen molar-refractivity contribution >= 4 is 0 Å². The molecular formula is C19H25N. The van der Waals surface area contributed by atoms with Gasteiger partial charge in [-0.25, -0.2) is 0 Å². The van der Waals surface area contributed by atoms with Gasteiger partial charge in [0.1, 0.15) is 0 Å². The third kappa shape index (κ3) is 4.21. The van der Waals surface area contributed by atoms with Gasteiger partial charge in [-0.2, -0.15) is 0 Å². The summed E-state index contributed by atoms with van der Waals surface area (Å²) in [7, 11) is 0. The normalized spacial score (nSPS) is 13.9. The number of hydrogen-bond donors (Lipinski definition) is 1. The Morgan fingerprint density at radius 1 is 0.900 bits per heavy atom. The molecule has 0 saturated carbocycles. The quantitative estimate of drug-likeness (QED) is 0.805. The van der Waals surface area contributed by atoms with Crippen molar-refractivity contribution < 1.29 is 0 Å². The SMILES string of the molecule is CCC(C)CC(N)c1ccc(Cc2ccccc2)cc1. The van der Waals surface area contributed by atoms with Crippen LogP contribution in [0.5, 0.6) is 0 Å². The molecule has 2 N–H and O–H groups in total. The first kappa shape index (κ1) is 14.8. The Labute approximate surface area is 122 Å². The maximum atomic E-state index is 6.27. The van der Waals surface area contributed by atoms with Crippen LogP contribution in [0.15, 0.2) is 54.6 Å². The van der Waals surface area contributed by atoms with Crippen LogP contribution in [0.3, 0.4) is 0 Å². The van der Waals surface area contributed by atoms with E-state index in [1.54, 1.807) is 0 Å². The first-order chi connectivity index (χ1) is 9.69. The second-order valence-electron chi connectivity index (χ2n) is 5.76. The zero-order chi connectivity index (χ0) is 14.4. The molecule has 0 fully saturated rings. The Bertz CT molecular complexity index is 501. The molecular weight excluding hydrogens is 242 g/mol. The summed E-state index contributed by atoms with van der Waals surface area (Å²) in [5.41, 5.74) is 10.2. The highest BCUT2D eigenvalue weighted by Crippen LogP contribution is 2.21. The van der Waals surface area contributed by atoms with Crippen molar-refractivity contribution in [1.82, 2.24) is 0 Å². The third-order valence-electron chi connectivity index (χ3n) is 4.01. The van der Waals surface area contributed by atoms with Gasteiger partial charge in [0.2, 0.25) is 0 Å². The van der Waals surface area contributed by atoms with Crippen LogP contribution < -0.4 is 5.73 Å². The Balaban J connectivity index is 1.99. The van der Waals surface area contributed by atoms with Gasteiger partial charge in [-0.1, -0.05) is 74.9 Å². The molecule has 0 aliphatic carbocycles. The lowest BCUT2D eigenvalue weighted by Gasteiger charge is -2.16. The molecule has 0 aliphatic rings. The Kier molecular flexibility index (Phi) is 5.37. The van der Waals surface area contributed by atoms with Gasteiger partial charge < -0.3 is 5.73 Å². The highest BCUT2D eigenvalue weighted by Gasteiger charge is 2.09. The highest BCUT2D eigenvalue weighted by molar-refractivity contribution is 5.29. The highest BCUT2D eigenvalue weighted by atomic mass is 14.6. The van der Waals surface area contributed by atoms with Crippen molar-refractivity contribution in [3.05, 3.63) is 71.3 Å². The van der Waals surface area contributed by atoms with Crippen LogP contribution in [0, 0.1) is 5.92 Å². The Morgan fingerprint density at radius 2 is 1.50 bits per heavy atom. The molecule has 2 aromatic carbocycles. The summed E-state index contributed by atoms with van der Waals surface area (Å²) in [6.07, 6.45) is 3.25. The molecule has 1 nitrogen and oxygen atoms in total. The molecule has 0 heterocycles. The summed E-state index contributed by atoms with van der Waals surface area (Å²) in [5.74, 6) is 0.689. The molecule has 2 rings (SSSR count). The van der Waals surface area contributed by atoms with Gasteiger partial charge in [0, 0.05) is 6.04 Å². The number of hydrogen-bond acceptors (Lipinski definition) is 1. The van der Waals surface area contributed by atoms with Crippen molar-refractivity contribution in [2.45, 2.75) is 39.2 Å². The van der Waals surface area contributed by atoms with E-state index in [1.165, 1.54) is 23.1 Å².